The molecule has 0 aromatic heterocycles. The van der Waals surface area contributed by atoms with Gasteiger partial charge in [0.15, 0.2) is 5.78 Å². The summed E-state index contributed by atoms with van der Waals surface area (Å²) >= 11 is 0. The van der Waals surface area contributed by atoms with Crippen LogP contribution in [0.1, 0.15) is 48.9 Å². The Labute approximate surface area is 112 Å². The molecule has 2 nitrogen and oxygen atoms in total. The van der Waals surface area contributed by atoms with E-state index in [1.165, 1.54) is 12.5 Å². The fourth-order valence-electron chi connectivity index (χ4n) is 2.86. The second-order valence-electron chi connectivity index (χ2n) is 5.32. The Morgan fingerprint density at radius 2 is 1.95 bits per heavy atom. The summed E-state index contributed by atoms with van der Waals surface area (Å²) in [6.45, 7) is 0. The van der Waals surface area contributed by atoms with E-state index >= 15 is 0 Å². The van der Waals surface area contributed by atoms with Crippen molar-refractivity contribution in [1.29, 1.82) is 0 Å². The van der Waals surface area contributed by atoms with Crippen molar-refractivity contribution in [2.45, 2.75) is 44.1 Å². The third-order valence-corrected chi connectivity index (χ3v) is 4.07. The fraction of sp³-hybridized carbons (Fsp3) is 0.533. The number of Topliss-reactive ketones (excluding diaryl/α,β-unsaturated/α-hetero) is 1. The standard InChI is InChI=1S/C15H19F2NO/c1-18-15(7-3-2-4-8-15)10-14(19)12-6-5-11(16)9-13(12)17/h5-6,9,18H,2-4,7-8,10H2,1H3. The van der Waals surface area contributed by atoms with Crippen LogP contribution in [-0.2, 0) is 0 Å². The summed E-state index contributed by atoms with van der Waals surface area (Å²) in [5.41, 5.74) is -0.238. The SMILES string of the molecule is CNC1(CC(=O)c2ccc(F)cc2F)CCCCC1. The second kappa shape index (κ2) is 5.78. The van der Waals surface area contributed by atoms with Gasteiger partial charge in [-0.2, -0.15) is 0 Å². The van der Waals surface area contributed by atoms with Crippen molar-refractivity contribution in [3.05, 3.63) is 35.4 Å². The molecule has 0 aliphatic heterocycles. The van der Waals surface area contributed by atoms with E-state index < -0.39 is 11.6 Å². The van der Waals surface area contributed by atoms with E-state index in [0.717, 1.165) is 37.8 Å². The quantitative estimate of drug-likeness (QED) is 0.846. The molecular formula is C15H19F2NO. The van der Waals surface area contributed by atoms with E-state index in [-0.39, 0.29) is 23.3 Å². The molecule has 0 amide bonds. The molecular weight excluding hydrogens is 248 g/mol. The first-order valence-corrected chi connectivity index (χ1v) is 6.73. The van der Waals surface area contributed by atoms with Crippen LogP contribution in [0.25, 0.3) is 0 Å². The van der Waals surface area contributed by atoms with Gasteiger partial charge >= 0.3 is 0 Å². The van der Waals surface area contributed by atoms with Crippen molar-refractivity contribution < 1.29 is 13.6 Å². The van der Waals surface area contributed by atoms with Crippen LogP contribution in [0.4, 0.5) is 8.78 Å². The molecule has 0 radical (unpaired) electrons. The molecule has 1 aliphatic carbocycles. The zero-order valence-electron chi connectivity index (χ0n) is 11.1. The molecule has 0 atom stereocenters. The fourth-order valence-corrected chi connectivity index (χ4v) is 2.86. The molecule has 0 heterocycles. The molecule has 1 fully saturated rings. The van der Waals surface area contributed by atoms with E-state index in [4.69, 9.17) is 0 Å². The van der Waals surface area contributed by atoms with Crippen LogP contribution in [0.2, 0.25) is 0 Å². The predicted molar refractivity (Wildman–Crippen MR) is 70.2 cm³/mol. The zero-order valence-corrected chi connectivity index (χ0v) is 11.1. The molecule has 0 spiro atoms. The van der Waals surface area contributed by atoms with Crippen LogP contribution in [0, 0.1) is 11.6 Å². The van der Waals surface area contributed by atoms with Crippen molar-refractivity contribution in [3.8, 4) is 0 Å². The number of ketones is 1. The highest BCUT2D eigenvalue weighted by molar-refractivity contribution is 5.97. The molecule has 4 heteroatoms. The summed E-state index contributed by atoms with van der Waals surface area (Å²) in [6, 6.07) is 3.13. The highest BCUT2D eigenvalue weighted by Gasteiger charge is 2.33. The Hall–Kier alpha value is -1.29. The summed E-state index contributed by atoms with van der Waals surface area (Å²) < 4.78 is 26.4. The van der Waals surface area contributed by atoms with E-state index in [2.05, 4.69) is 5.32 Å². The van der Waals surface area contributed by atoms with Crippen LogP contribution < -0.4 is 5.32 Å². The molecule has 19 heavy (non-hydrogen) atoms. The first-order valence-electron chi connectivity index (χ1n) is 6.73. The Bertz CT molecular complexity index is 467. The lowest BCUT2D eigenvalue weighted by Crippen LogP contribution is -2.46. The smallest absolute Gasteiger partial charge is 0.167 e. The van der Waals surface area contributed by atoms with Gasteiger partial charge in [-0.25, -0.2) is 8.78 Å². The first kappa shape index (κ1) is 14.1. The zero-order chi connectivity index (χ0) is 13.9. The summed E-state index contributed by atoms with van der Waals surface area (Å²) in [5, 5.41) is 3.23. The number of hydrogen-bond acceptors (Lipinski definition) is 2. The van der Waals surface area contributed by atoms with Crippen molar-refractivity contribution in [3.63, 3.8) is 0 Å². The molecule has 1 aliphatic rings. The highest BCUT2D eigenvalue weighted by Crippen LogP contribution is 2.32. The van der Waals surface area contributed by atoms with Crippen LogP contribution in [-0.4, -0.2) is 18.4 Å². The van der Waals surface area contributed by atoms with Gasteiger partial charge in [-0.05, 0) is 32.0 Å². The maximum Gasteiger partial charge on any atom is 0.167 e. The monoisotopic (exact) mass is 267 g/mol. The summed E-state index contributed by atoms with van der Waals surface area (Å²) in [6.07, 6.45) is 5.48. The molecule has 2 rings (SSSR count). The lowest BCUT2D eigenvalue weighted by Gasteiger charge is -2.36. The topological polar surface area (TPSA) is 29.1 Å². The van der Waals surface area contributed by atoms with E-state index in [0.29, 0.717) is 0 Å². The molecule has 1 aromatic rings. The third-order valence-electron chi connectivity index (χ3n) is 4.07. The van der Waals surface area contributed by atoms with Gasteiger partial charge in [-0.15, -0.1) is 0 Å². The number of benzene rings is 1. The predicted octanol–water partition coefficient (Wildman–Crippen LogP) is 3.46. The maximum atomic E-state index is 13.6. The molecule has 0 unspecified atom stereocenters. The van der Waals surface area contributed by atoms with Gasteiger partial charge in [0, 0.05) is 18.0 Å². The van der Waals surface area contributed by atoms with Gasteiger partial charge in [0.25, 0.3) is 0 Å². The van der Waals surface area contributed by atoms with Gasteiger partial charge in [0.1, 0.15) is 11.6 Å². The van der Waals surface area contributed by atoms with Gasteiger partial charge in [0.05, 0.1) is 5.56 Å². The van der Waals surface area contributed by atoms with E-state index in [1.54, 1.807) is 0 Å². The van der Waals surface area contributed by atoms with Crippen molar-refractivity contribution in [1.82, 2.24) is 5.32 Å². The second-order valence-corrected chi connectivity index (χ2v) is 5.32. The van der Waals surface area contributed by atoms with Gasteiger partial charge in [0.2, 0.25) is 0 Å². The number of halogens is 2. The Kier molecular flexibility index (Phi) is 4.30. The van der Waals surface area contributed by atoms with E-state index in [9.17, 15) is 13.6 Å². The van der Waals surface area contributed by atoms with Gasteiger partial charge < -0.3 is 5.32 Å². The average Bonchev–Trinajstić information content (AvgIpc) is 2.39. The van der Waals surface area contributed by atoms with Crippen molar-refractivity contribution in [2.75, 3.05) is 7.05 Å². The number of carbonyl (C=O) groups excluding carboxylic acids is 1. The molecule has 0 saturated heterocycles. The first-order chi connectivity index (χ1) is 9.06. The molecule has 1 saturated carbocycles. The Morgan fingerprint density at radius 3 is 2.53 bits per heavy atom. The van der Waals surface area contributed by atoms with Crippen LogP contribution in [0.15, 0.2) is 18.2 Å². The lowest BCUT2D eigenvalue weighted by molar-refractivity contribution is 0.0911. The van der Waals surface area contributed by atoms with E-state index in [1.807, 2.05) is 7.05 Å². The minimum Gasteiger partial charge on any atom is -0.314 e. The largest absolute Gasteiger partial charge is 0.314 e. The van der Waals surface area contributed by atoms with Crippen molar-refractivity contribution in [2.24, 2.45) is 0 Å². The third kappa shape index (κ3) is 3.18. The number of rotatable bonds is 4. The maximum absolute atomic E-state index is 13.6. The molecule has 104 valence electrons. The molecule has 0 bridgehead atoms. The normalized spacial score (nSPS) is 18.3. The Morgan fingerprint density at radius 1 is 1.26 bits per heavy atom. The van der Waals surface area contributed by atoms with Crippen LogP contribution in [0.5, 0.6) is 0 Å². The van der Waals surface area contributed by atoms with Crippen LogP contribution in [0.3, 0.4) is 0 Å². The lowest BCUT2D eigenvalue weighted by atomic mass is 9.77. The van der Waals surface area contributed by atoms with Crippen molar-refractivity contribution >= 4 is 5.78 Å². The van der Waals surface area contributed by atoms with Gasteiger partial charge in [-0.3, -0.25) is 4.79 Å². The number of nitrogens with one attached hydrogen (secondary N) is 1. The average molecular weight is 267 g/mol. The minimum absolute atomic E-state index is 0.0124. The van der Waals surface area contributed by atoms with Gasteiger partial charge in [-0.1, -0.05) is 19.3 Å². The Balaban J connectivity index is 2.15. The number of hydrogen-bond donors (Lipinski definition) is 1. The molecule has 1 aromatic carbocycles. The number of carbonyl (C=O) groups is 1. The summed E-state index contributed by atoms with van der Waals surface area (Å²) in [7, 11) is 1.85. The minimum atomic E-state index is -0.771. The highest BCUT2D eigenvalue weighted by atomic mass is 19.1. The molecule has 1 N–H and O–H groups in total. The van der Waals surface area contributed by atoms with Crippen LogP contribution >= 0.6 is 0 Å². The summed E-state index contributed by atoms with van der Waals surface area (Å²) in [4.78, 5) is 12.2. The summed E-state index contributed by atoms with van der Waals surface area (Å²) in [5.74, 6) is -1.68.